The molecule has 2 aromatic heterocycles. The number of anilines is 2. The maximum absolute atomic E-state index is 13.9. The molecule has 1 aliphatic heterocycles. The number of rotatable bonds is 4. The third kappa shape index (κ3) is 3.64. The lowest BCUT2D eigenvalue weighted by molar-refractivity contribution is 0.475. The second-order valence-corrected chi connectivity index (χ2v) is 8.30. The van der Waals surface area contributed by atoms with Gasteiger partial charge in [-0.2, -0.15) is 10.2 Å². The molecule has 0 saturated carbocycles. The summed E-state index contributed by atoms with van der Waals surface area (Å²) in [5, 5.41) is 16.2. The second-order valence-electron chi connectivity index (χ2n) is 8.30. The Bertz CT molecular complexity index is 1480. The van der Waals surface area contributed by atoms with Crippen LogP contribution in [0.1, 0.15) is 36.6 Å². The number of nitriles is 1. The van der Waals surface area contributed by atoms with Crippen LogP contribution in [0.5, 0.6) is 0 Å². The second kappa shape index (κ2) is 8.15. The van der Waals surface area contributed by atoms with Crippen LogP contribution in [0, 0.1) is 17.1 Å². The van der Waals surface area contributed by atoms with Crippen molar-refractivity contribution in [2.75, 3.05) is 11.9 Å². The minimum absolute atomic E-state index is 0.104. The van der Waals surface area contributed by atoms with Crippen molar-refractivity contribution in [1.82, 2.24) is 24.6 Å². The fraction of sp³-hybridized carbons (Fsp3) is 0.250. The number of fused-ring (bicyclic) bond motifs is 2. The molecule has 2 N–H and O–H groups in total. The van der Waals surface area contributed by atoms with E-state index in [0.29, 0.717) is 22.7 Å². The summed E-state index contributed by atoms with van der Waals surface area (Å²) in [6, 6.07) is 12.0. The number of benzene rings is 2. The zero-order chi connectivity index (χ0) is 23.1. The van der Waals surface area contributed by atoms with Crippen molar-refractivity contribution in [3.05, 3.63) is 75.5 Å². The molecule has 0 bridgehead atoms. The van der Waals surface area contributed by atoms with Gasteiger partial charge in [0, 0.05) is 24.5 Å². The number of nitrogens with one attached hydrogen (secondary N) is 2. The standard InChI is InChI=1S/C24H22FN7O/c1-14(2)31-23(33)20-13-28-24(29-18-4-3-15-7-8-27-12-17(15)9-18)30-22(20)32(31)19-5-6-21(25)16(10-19)11-26/h3-6,9-10,13-14,27H,7-8,12H2,1-2H3,(H,28,29,30). The number of halogens is 1. The predicted molar refractivity (Wildman–Crippen MR) is 123 cm³/mol. The molecule has 0 unspecified atom stereocenters. The molecule has 166 valence electrons. The summed E-state index contributed by atoms with van der Waals surface area (Å²) < 4.78 is 17.1. The topological polar surface area (TPSA) is 101 Å². The molecule has 0 fully saturated rings. The smallest absolute Gasteiger partial charge is 0.278 e. The van der Waals surface area contributed by atoms with E-state index in [0.717, 1.165) is 25.2 Å². The Balaban J connectivity index is 1.64. The largest absolute Gasteiger partial charge is 0.324 e. The first-order chi connectivity index (χ1) is 16.0. The van der Waals surface area contributed by atoms with E-state index < -0.39 is 5.82 Å². The normalized spacial score (nSPS) is 13.2. The van der Waals surface area contributed by atoms with Crippen LogP contribution in [-0.4, -0.2) is 25.9 Å². The van der Waals surface area contributed by atoms with E-state index in [1.54, 1.807) is 4.68 Å². The van der Waals surface area contributed by atoms with Crippen molar-refractivity contribution in [3.63, 3.8) is 0 Å². The lowest BCUT2D eigenvalue weighted by Gasteiger charge is -2.18. The average molecular weight is 443 g/mol. The number of hydrogen-bond acceptors (Lipinski definition) is 6. The molecular weight excluding hydrogens is 421 g/mol. The van der Waals surface area contributed by atoms with Crippen molar-refractivity contribution >= 4 is 22.7 Å². The van der Waals surface area contributed by atoms with E-state index >= 15 is 0 Å². The molecular formula is C24H22FN7O. The van der Waals surface area contributed by atoms with Crippen LogP contribution in [-0.2, 0) is 13.0 Å². The van der Waals surface area contributed by atoms with Crippen LogP contribution in [0.4, 0.5) is 16.0 Å². The Morgan fingerprint density at radius 2 is 2.06 bits per heavy atom. The van der Waals surface area contributed by atoms with E-state index in [2.05, 4.69) is 32.7 Å². The molecule has 4 aromatic rings. The Labute approximate surface area is 189 Å². The Morgan fingerprint density at radius 1 is 1.21 bits per heavy atom. The molecule has 2 aromatic carbocycles. The van der Waals surface area contributed by atoms with E-state index in [1.807, 2.05) is 26.0 Å². The number of hydrogen-bond donors (Lipinski definition) is 2. The van der Waals surface area contributed by atoms with Crippen molar-refractivity contribution in [2.24, 2.45) is 0 Å². The van der Waals surface area contributed by atoms with Crippen LogP contribution >= 0.6 is 0 Å². The van der Waals surface area contributed by atoms with Gasteiger partial charge in [0.05, 0.1) is 11.3 Å². The van der Waals surface area contributed by atoms with Crippen LogP contribution in [0.2, 0.25) is 0 Å². The van der Waals surface area contributed by atoms with Gasteiger partial charge < -0.3 is 10.6 Å². The highest BCUT2D eigenvalue weighted by molar-refractivity contribution is 5.77. The first-order valence-electron chi connectivity index (χ1n) is 10.8. The summed E-state index contributed by atoms with van der Waals surface area (Å²) in [6.45, 7) is 5.53. The highest BCUT2D eigenvalue weighted by Gasteiger charge is 2.20. The third-order valence-electron chi connectivity index (χ3n) is 5.78. The Kier molecular flexibility index (Phi) is 5.15. The molecule has 8 nitrogen and oxygen atoms in total. The van der Waals surface area contributed by atoms with Crippen LogP contribution in [0.3, 0.4) is 0 Å². The fourth-order valence-electron chi connectivity index (χ4n) is 4.19. The van der Waals surface area contributed by atoms with E-state index in [1.165, 1.54) is 40.2 Å². The maximum atomic E-state index is 13.9. The Morgan fingerprint density at radius 3 is 2.85 bits per heavy atom. The van der Waals surface area contributed by atoms with Crippen molar-refractivity contribution < 1.29 is 4.39 Å². The van der Waals surface area contributed by atoms with Crippen LogP contribution in [0.15, 0.2) is 47.4 Å². The fourth-order valence-corrected chi connectivity index (χ4v) is 4.19. The van der Waals surface area contributed by atoms with Gasteiger partial charge in [-0.15, -0.1) is 0 Å². The molecule has 5 rings (SSSR count). The van der Waals surface area contributed by atoms with Crippen molar-refractivity contribution in [1.29, 1.82) is 5.26 Å². The van der Waals surface area contributed by atoms with Gasteiger partial charge in [-0.05, 0) is 68.3 Å². The first-order valence-corrected chi connectivity index (χ1v) is 10.8. The van der Waals surface area contributed by atoms with Gasteiger partial charge in [0.15, 0.2) is 5.65 Å². The highest BCUT2D eigenvalue weighted by Crippen LogP contribution is 2.24. The van der Waals surface area contributed by atoms with Gasteiger partial charge in [0.2, 0.25) is 5.95 Å². The third-order valence-corrected chi connectivity index (χ3v) is 5.78. The zero-order valence-electron chi connectivity index (χ0n) is 18.3. The van der Waals surface area contributed by atoms with E-state index in [9.17, 15) is 14.4 Å². The summed E-state index contributed by atoms with van der Waals surface area (Å²) >= 11 is 0. The van der Waals surface area contributed by atoms with Crippen LogP contribution in [0.25, 0.3) is 16.7 Å². The highest BCUT2D eigenvalue weighted by atomic mass is 19.1. The average Bonchev–Trinajstić information content (AvgIpc) is 3.11. The molecule has 3 heterocycles. The van der Waals surface area contributed by atoms with Gasteiger partial charge in [0.25, 0.3) is 5.56 Å². The monoisotopic (exact) mass is 443 g/mol. The van der Waals surface area contributed by atoms with Crippen LogP contribution < -0.4 is 16.2 Å². The zero-order valence-corrected chi connectivity index (χ0v) is 18.3. The summed E-state index contributed by atoms with van der Waals surface area (Å²) in [4.78, 5) is 22.1. The number of nitrogens with zero attached hydrogens (tertiary/aromatic N) is 5. The van der Waals surface area contributed by atoms with Gasteiger partial charge in [-0.3, -0.25) is 4.79 Å². The summed E-state index contributed by atoms with van der Waals surface area (Å²) in [6.07, 6.45) is 2.49. The predicted octanol–water partition coefficient (Wildman–Crippen LogP) is 3.56. The lowest BCUT2D eigenvalue weighted by Crippen LogP contribution is -2.24. The molecule has 1 aliphatic rings. The van der Waals surface area contributed by atoms with Crippen molar-refractivity contribution in [2.45, 2.75) is 32.9 Å². The summed E-state index contributed by atoms with van der Waals surface area (Å²) in [5.74, 6) is -0.279. The van der Waals surface area contributed by atoms with E-state index in [-0.39, 0.29) is 17.2 Å². The molecule has 0 spiro atoms. The molecule has 0 atom stereocenters. The summed E-state index contributed by atoms with van der Waals surface area (Å²) in [5.41, 5.74) is 3.89. The Hall–Kier alpha value is -4.03. The minimum atomic E-state index is -0.616. The molecule has 0 aliphatic carbocycles. The lowest BCUT2D eigenvalue weighted by atomic mass is 10.0. The maximum Gasteiger partial charge on any atom is 0.278 e. The number of aromatic nitrogens is 4. The first kappa shape index (κ1) is 20.8. The molecule has 33 heavy (non-hydrogen) atoms. The SMILES string of the molecule is CC(C)n1c(=O)c2cnc(Nc3ccc4c(c3)CNCC4)nc2n1-c1ccc(F)c(C#N)c1. The molecule has 0 saturated heterocycles. The molecule has 0 amide bonds. The summed E-state index contributed by atoms with van der Waals surface area (Å²) in [7, 11) is 0. The van der Waals surface area contributed by atoms with E-state index in [4.69, 9.17) is 0 Å². The van der Waals surface area contributed by atoms with Gasteiger partial charge in [-0.1, -0.05) is 6.07 Å². The minimum Gasteiger partial charge on any atom is -0.324 e. The van der Waals surface area contributed by atoms with Gasteiger partial charge in [-0.25, -0.2) is 18.7 Å². The molecule has 9 heteroatoms. The van der Waals surface area contributed by atoms with Gasteiger partial charge in [0.1, 0.15) is 17.3 Å². The molecule has 0 radical (unpaired) electrons. The quantitative estimate of drug-likeness (QED) is 0.500. The van der Waals surface area contributed by atoms with Gasteiger partial charge >= 0.3 is 0 Å². The van der Waals surface area contributed by atoms with Crippen molar-refractivity contribution in [3.8, 4) is 11.8 Å².